The first-order chi connectivity index (χ1) is 12.8. The lowest BCUT2D eigenvalue weighted by atomic mass is 10.1. The van der Waals surface area contributed by atoms with Gasteiger partial charge in [-0.05, 0) is 30.8 Å². The number of benzene rings is 1. The fraction of sp³-hybridized carbons (Fsp3) is 0.579. The normalized spacial score (nSPS) is 14.2. The monoisotopic (exact) mass is 324 g/mol. The molecule has 128 valence electrons. The number of rotatable bonds is 10. The third-order valence-corrected chi connectivity index (χ3v) is 3.62. The fourth-order valence-corrected chi connectivity index (χ4v) is 1.84. The van der Waals surface area contributed by atoms with Gasteiger partial charge in [0.05, 0.1) is 29.8 Å². The summed E-state index contributed by atoms with van der Waals surface area (Å²) in [5.74, 6) is -1.52. The molecule has 0 spiro atoms. The van der Waals surface area contributed by atoms with E-state index in [1.807, 2.05) is 20.8 Å². The molecular weight excluding hydrogens is 292 g/mol. The maximum Gasteiger partial charge on any atom is 0.339 e. The van der Waals surface area contributed by atoms with Crippen LogP contribution < -0.4 is 0 Å². The lowest BCUT2D eigenvalue weighted by molar-refractivity contribution is 0.0443. The summed E-state index contributed by atoms with van der Waals surface area (Å²) in [5, 5.41) is 0. The number of hydrogen-bond acceptors (Lipinski definition) is 4. The van der Waals surface area contributed by atoms with Crippen LogP contribution in [0.15, 0.2) is 24.2 Å². The second-order valence-corrected chi connectivity index (χ2v) is 5.53. The van der Waals surface area contributed by atoms with Crippen molar-refractivity contribution in [2.45, 2.75) is 52.9 Å². The summed E-state index contributed by atoms with van der Waals surface area (Å²) >= 11 is 0. The number of carbonyl (C=O) groups is 2. The van der Waals surface area contributed by atoms with E-state index in [0.29, 0.717) is 18.8 Å². The zero-order valence-electron chi connectivity index (χ0n) is 18.2. The first-order valence-electron chi connectivity index (χ1n) is 10.2. The summed E-state index contributed by atoms with van der Waals surface area (Å²) in [4.78, 5) is 24.9. The maximum absolute atomic E-state index is 12.5. The minimum absolute atomic E-state index is 0.113. The first kappa shape index (κ1) is 13.6. The van der Waals surface area contributed by atoms with Crippen molar-refractivity contribution in [3.63, 3.8) is 0 Å². The summed E-state index contributed by atoms with van der Waals surface area (Å²) in [6, 6.07) is -2.36. The van der Waals surface area contributed by atoms with Gasteiger partial charge in [-0.25, -0.2) is 9.59 Å². The second-order valence-electron chi connectivity index (χ2n) is 5.53. The Labute approximate surface area is 144 Å². The number of esters is 2. The summed E-state index contributed by atoms with van der Waals surface area (Å²) in [5.41, 5.74) is -0.934. The number of carbonyl (C=O) groups excluding carboxylic acids is 2. The molecule has 0 bridgehead atoms. The summed E-state index contributed by atoms with van der Waals surface area (Å²) in [7, 11) is 0. The second kappa shape index (κ2) is 10.8. The molecule has 23 heavy (non-hydrogen) atoms. The van der Waals surface area contributed by atoms with E-state index in [4.69, 9.17) is 15.0 Å². The number of unbranched alkanes of at least 4 members (excludes halogenated alkanes) is 2. The summed E-state index contributed by atoms with van der Waals surface area (Å²) < 4.78 is 41.8. The predicted molar refractivity (Wildman–Crippen MR) is 90.6 cm³/mol. The smallest absolute Gasteiger partial charge is 0.339 e. The van der Waals surface area contributed by atoms with Crippen LogP contribution in [0.25, 0.3) is 0 Å². The van der Waals surface area contributed by atoms with Crippen LogP contribution >= 0.6 is 0 Å². The van der Waals surface area contributed by atoms with Crippen LogP contribution in [0.5, 0.6) is 0 Å². The zero-order chi connectivity index (χ0) is 20.6. The standard InChI is InChI=1S/C19H28O4/c1-4-6-9-13-22-18(20)16-10-7-8-11-17(16)19(21)23-14-12-15(3)5-2/h7-8,10-11,15H,4-6,9,12-14H2,1-3H3/i7D,8D,10D,11D. The SMILES string of the molecule is [2H]c1c([2H])c([2H])c(C(=O)OCCC(C)CC)c(C(=O)OCCCCC)c1[2H]. The van der Waals surface area contributed by atoms with Gasteiger partial charge in [-0.15, -0.1) is 0 Å². The van der Waals surface area contributed by atoms with Gasteiger partial charge >= 0.3 is 11.9 Å². The molecule has 0 aliphatic heterocycles. The van der Waals surface area contributed by atoms with Gasteiger partial charge in [0.15, 0.2) is 0 Å². The van der Waals surface area contributed by atoms with Gasteiger partial charge in [0.1, 0.15) is 0 Å². The van der Waals surface area contributed by atoms with E-state index in [9.17, 15) is 9.59 Å². The van der Waals surface area contributed by atoms with E-state index < -0.39 is 47.2 Å². The van der Waals surface area contributed by atoms with Gasteiger partial charge in [0.25, 0.3) is 0 Å². The Hall–Kier alpha value is -1.84. The van der Waals surface area contributed by atoms with E-state index in [2.05, 4.69) is 0 Å². The highest BCUT2D eigenvalue weighted by atomic mass is 16.5. The Balaban J connectivity index is 3.13. The Morgan fingerprint density at radius 2 is 1.61 bits per heavy atom. The van der Waals surface area contributed by atoms with E-state index >= 15 is 0 Å². The highest BCUT2D eigenvalue weighted by molar-refractivity contribution is 6.03. The quantitative estimate of drug-likeness (QED) is 0.465. The highest BCUT2D eigenvalue weighted by Crippen LogP contribution is 2.14. The molecule has 4 heteroatoms. The highest BCUT2D eigenvalue weighted by Gasteiger charge is 2.18. The van der Waals surface area contributed by atoms with Crippen LogP contribution in [0.2, 0.25) is 0 Å². The van der Waals surface area contributed by atoms with Crippen LogP contribution in [0.1, 0.15) is 79.1 Å². The Morgan fingerprint density at radius 1 is 1.04 bits per heavy atom. The molecule has 1 aromatic rings. The summed E-state index contributed by atoms with van der Waals surface area (Å²) in [6.45, 7) is 6.27. The van der Waals surface area contributed by atoms with Crippen molar-refractivity contribution in [1.29, 1.82) is 0 Å². The lowest BCUT2D eigenvalue weighted by Gasteiger charge is -2.11. The minimum atomic E-state index is -0.939. The molecule has 0 fully saturated rings. The molecule has 0 amide bonds. The van der Waals surface area contributed by atoms with E-state index in [-0.39, 0.29) is 13.2 Å². The van der Waals surface area contributed by atoms with Gasteiger partial charge < -0.3 is 9.47 Å². The predicted octanol–water partition coefficient (Wildman–Crippen LogP) is 4.63. The first-order valence-corrected chi connectivity index (χ1v) is 8.20. The van der Waals surface area contributed by atoms with Crippen LogP contribution in [-0.4, -0.2) is 25.2 Å². The van der Waals surface area contributed by atoms with Crippen LogP contribution in [0.3, 0.4) is 0 Å². The van der Waals surface area contributed by atoms with E-state index in [1.165, 1.54) is 0 Å². The van der Waals surface area contributed by atoms with Gasteiger partial charge in [0.2, 0.25) is 0 Å². The number of ether oxygens (including phenoxy) is 2. The molecule has 0 heterocycles. The maximum atomic E-state index is 12.5. The van der Waals surface area contributed by atoms with Gasteiger partial charge in [-0.3, -0.25) is 0 Å². The molecule has 0 radical (unpaired) electrons. The van der Waals surface area contributed by atoms with E-state index in [1.54, 1.807) is 0 Å². The van der Waals surface area contributed by atoms with Crippen LogP contribution in [0, 0.1) is 5.92 Å². The van der Waals surface area contributed by atoms with Gasteiger partial charge in [-0.2, -0.15) is 0 Å². The van der Waals surface area contributed by atoms with Crippen molar-refractivity contribution in [3.05, 3.63) is 35.3 Å². The third kappa shape index (κ3) is 6.85. The summed E-state index contributed by atoms with van der Waals surface area (Å²) in [6.07, 6.45) is 4.01. The Kier molecular flexibility index (Phi) is 6.39. The van der Waals surface area contributed by atoms with Gasteiger partial charge in [0, 0.05) is 0 Å². The molecule has 4 nitrogen and oxygen atoms in total. The van der Waals surface area contributed by atoms with Crippen LogP contribution in [0.4, 0.5) is 0 Å². The molecule has 1 unspecified atom stereocenters. The van der Waals surface area contributed by atoms with Crippen molar-refractivity contribution >= 4 is 11.9 Å². The third-order valence-electron chi connectivity index (χ3n) is 3.62. The van der Waals surface area contributed by atoms with Crippen molar-refractivity contribution < 1.29 is 24.5 Å². The Morgan fingerprint density at radius 3 is 2.13 bits per heavy atom. The molecule has 1 atom stereocenters. The molecule has 0 saturated carbocycles. The molecule has 0 saturated heterocycles. The number of hydrogen-bond donors (Lipinski definition) is 0. The van der Waals surface area contributed by atoms with Gasteiger partial charge in [-0.1, -0.05) is 52.1 Å². The minimum Gasteiger partial charge on any atom is -0.462 e. The average molecular weight is 324 g/mol. The lowest BCUT2D eigenvalue weighted by Crippen LogP contribution is -2.15. The van der Waals surface area contributed by atoms with Crippen molar-refractivity contribution in [3.8, 4) is 0 Å². The molecule has 0 N–H and O–H groups in total. The van der Waals surface area contributed by atoms with Crippen molar-refractivity contribution in [2.24, 2.45) is 5.92 Å². The fourth-order valence-electron chi connectivity index (χ4n) is 1.84. The Bertz CT molecular complexity index is 676. The topological polar surface area (TPSA) is 52.6 Å². The molecule has 0 aliphatic rings. The zero-order valence-corrected chi connectivity index (χ0v) is 14.2. The average Bonchev–Trinajstić information content (AvgIpc) is 2.65. The van der Waals surface area contributed by atoms with E-state index in [0.717, 1.165) is 19.3 Å². The van der Waals surface area contributed by atoms with Crippen molar-refractivity contribution in [1.82, 2.24) is 0 Å². The molecule has 1 aromatic carbocycles. The molecule has 1 rings (SSSR count). The molecular formula is C19H28O4. The van der Waals surface area contributed by atoms with Crippen LogP contribution in [-0.2, 0) is 9.47 Å². The molecule has 0 aromatic heterocycles. The molecule has 0 aliphatic carbocycles. The van der Waals surface area contributed by atoms with Crippen molar-refractivity contribution in [2.75, 3.05) is 13.2 Å². The largest absolute Gasteiger partial charge is 0.462 e.